The molecule has 21 heavy (non-hydrogen) atoms. The molecule has 1 saturated heterocycles. The maximum absolute atomic E-state index is 5.56. The van der Waals surface area contributed by atoms with Gasteiger partial charge in [0.2, 0.25) is 0 Å². The predicted molar refractivity (Wildman–Crippen MR) is 88.0 cm³/mol. The van der Waals surface area contributed by atoms with Gasteiger partial charge in [0.15, 0.2) is 0 Å². The third kappa shape index (κ3) is 3.39. The van der Waals surface area contributed by atoms with Crippen LogP contribution < -0.4 is 10.1 Å². The van der Waals surface area contributed by atoms with Crippen molar-refractivity contribution in [2.24, 2.45) is 5.92 Å². The van der Waals surface area contributed by atoms with E-state index in [0.717, 1.165) is 24.3 Å². The molecule has 0 radical (unpaired) electrons. The summed E-state index contributed by atoms with van der Waals surface area (Å²) in [4.78, 5) is 4.72. The summed E-state index contributed by atoms with van der Waals surface area (Å²) in [7, 11) is 1.75. The Hall–Kier alpha value is -1.09. The summed E-state index contributed by atoms with van der Waals surface area (Å²) in [5.41, 5.74) is 3.67. The van der Waals surface area contributed by atoms with E-state index in [9.17, 15) is 0 Å². The lowest BCUT2D eigenvalue weighted by molar-refractivity contribution is 0.223. The topological polar surface area (TPSA) is 34.1 Å². The van der Waals surface area contributed by atoms with E-state index in [1.807, 2.05) is 6.20 Å². The van der Waals surface area contributed by atoms with Crippen LogP contribution in [0.5, 0.6) is 5.75 Å². The normalized spacial score (nSPS) is 23.1. The summed E-state index contributed by atoms with van der Waals surface area (Å²) in [6.45, 7) is 9.99. The summed E-state index contributed by atoms with van der Waals surface area (Å²) >= 11 is 0. The van der Waals surface area contributed by atoms with Crippen molar-refractivity contribution in [2.75, 3.05) is 13.7 Å². The van der Waals surface area contributed by atoms with E-state index in [2.05, 4.69) is 33.0 Å². The fourth-order valence-corrected chi connectivity index (χ4v) is 3.56. The minimum atomic E-state index is 0.175. The lowest BCUT2D eigenvalue weighted by atomic mass is 9.78. The Labute approximate surface area is 129 Å². The number of ether oxygens (including phenoxy) is 1. The standard InChI is InChI=1S/C18H30N2O/c1-13(2)18(9-7-6-8-10-20-18)11-16-15(4)17(21-5)14(3)12-19-16/h12-13,20H,6-11H2,1-5H3. The van der Waals surface area contributed by atoms with E-state index in [1.54, 1.807) is 7.11 Å². The molecule has 1 aromatic rings. The molecule has 0 saturated carbocycles. The second-order valence-electron chi connectivity index (χ2n) is 6.77. The third-order valence-corrected chi connectivity index (χ3v) is 5.11. The van der Waals surface area contributed by atoms with E-state index < -0.39 is 0 Å². The van der Waals surface area contributed by atoms with Gasteiger partial charge in [0.25, 0.3) is 0 Å². The summed E-state index contributed by atoms with van der Waals surface area (Å²) in [5, 5.41) is 3.84. The van der Waals surface area contributed by atoms with Crippen molar-refractivity contribution < 1.29 is 4.74 Å². The van der Waals surface area contributed by atoms with Crippen LogP contribution in [0.25, 0.3) is 0 Å². The number of pyridine rings is 1. The van der Waals surface area contributed by atoms with Gasteiger partial charge in [0, 0.05) is 35.0 Å². The van der Waals surface area contributed by atoms with E-state index in [1.165, 1.54) is 36.9 Å². The molecule has 118 valence electrons. The minimum Gasteiger partial charge on any atom is -0.496 e. The Balaban J connectivity index is 2.33. The molecule has 1 N–H and O–H groups in total. The first kappa shape index (κ1) is 16.3. The van der Waals surface area contributed by atoms with Crippen LogP contribution in [0.2, 0.25) is 0 Å². The van der Waals surface area contributed by atoms with Crippen molar-refractivity contribution >= 4 is 0 Å². The highest BCUT2D eigenvalue weighted by Gasteiger charge is 2.35. The Morgan fingerprint density at radius 1 is 1.29 bits per heavy atom. The summed E-state index contributed by atoms with van der Waals surface area (Å²) in [6, 6.07) is 0. The molecule has 1 fully saturated rings. The number of nitrogens with zero attached hydrogens (tertiary/aromatic N) is 1. The van der Waals surface area contributed by atoms with Crippen LogP contribution in [0.15, 0.2) is 6.20 Å². The smallest absolute Gasteiger partial charge is 0.128 e. The van der Waals surface area contributed by atoms with Gasteiger partial charge in [-0.2, -0.15) is 0 Å². The number of hydrogen-bond donors (Lipinski definition) is 1. The SMILES string of the molecule is COc1c(C)cnc(CC2(C(C)C)CCCCCN2)c1C. The van der Waals surface area contributed by atoms with Gasteiger partial charge in [-0.1, -0.05) is 26.7 Å². The molecule has 2 heterocycles. The molecule has 1 aliphatic heterocycles. The average Bonchev–Trinajstić information content (AvgIpc) is 2.69. The van der Waals surface area contributed by atoms with Gasteiger partial charge < -0.3 is 10.1 Å². The number of hydrogen-bond acceptors (Lipinski definition) is 3. The molecule has 1 atom stereocenters. The Kier molecular flexibility index (Phi) is 5.26. The van der Waals surface area contributed by atoms with Crippen molar-refractivity contribution in [3.8, 4) is 5.75 Å². The highest BCUT2D eigenvalue weighted by atomic mass is 16.5. The monoisotopic (exact) mass is 290 g/mol. The molecule has 0 spiro atoms. The van der Waals surface area contributed by atoms with Gasteiger partial charge in [0.1, 0.15) is 5.75 Å². The number of nitrogens with one attached hydrogen (secondary N) is 1. The van der Waals surface area contributed by atoms with Crippen molar-refractivity contribution in [1.82, 2.24) is 10.3 Å². The fourth-order valence-electron chi connectivity index (χ4n) is 3.56. The van der Waals surface area contributed by atoms with E-state index in [-0.39, 0.29) is 5.54 Å². The van der Waals surface area contributed by atoms with Crippen molar-refractivity contribution in [3.63, 3.8) is 0 Å². The third-order valence-electron chi connectivity index (χ3n) is 5.11. The number of methoxy groups -OCH3 is 1. The zero-order chi connectivity index (χ0) is 15.5. The molecule has 3 nitrogen and oxygen atoms in total. The van der Waals surface area contributed by atoms with Gasteiger partial charge in [-0.25, -0.2) is 0 Å². The van der Waals surface area contributed by atoms with E-state index in [0.29, 0.717) is 5.92 Å². The van der Waals surface area contributed by atoms with Crippen LogP contribution >= 0.6 is 0 Å². The second kappa shape index (κ2) is 6.78. The highest BCUT2D eigenvalue weighted by Crippen LogP contribution is 2.33. The lowest BCUT2D eigenvalue weighted by Crippen LogP contribution is -2.51. The van der Waals surface area contributed by atoms with Gasteiger partial charge >= 0.3 is 0 Å². The molecule has 1 unspecified atom stereocenters. The zero-order valence-electron chi connectivity index (χ0n) is 14.3. The molecular formula is C18H30N2O. The molecule has 0 amide bonds. The quantitative estimate of drug-likeness (QED) is 0.915. The van der Waals surface area contributed by atoms with Crippen molar-refractivity contribution in [1.29, 1.82) is 0 Å². The molecular weight excluding hydrogens is 260 g/mol. The second-order valence-corrected chi connectivity index (χ2v) is 6.77. The predicted octanol–water partition coefficient (Wildman–Crippen LogP) is 3.81. The summed E-state index contributed by atoms with van der Waals surface area (Å²) in [5.74, 6) is 1.59. The van der Waals surface area contributed by atoms with Gasteiger partial charge in [0.05, 0.1) is 7.11 Å². The Morgan fingerprint density at radius 2 is 2.05 bits per heavy atom. The van der Waals surface area contributed by atoms with Crippen LogP contribution in [-0.2, 0) is 6.42 Å². The molecule has 2 rings (SSSR count). The van der Waals surface area contributed by atoms with Crippen molar-refractivity contribution in [3.05, 3.63) is 23.0 Å². The van der Waals surface area contributed by atoms with Crippen LogP contribution in [0.1, 0.15) is 56.4 Å². The molecule has 0 aromatic carbocycles. The fraction of sp³-hybridized carbons (Fsp3) is 0.722. The first-order valence-electron chi connectivity index (χ1n) is 8.24. The molecule has 1 aliphatic rings. The first-order valence-corrected chi connectivity index (χ1v) is 8.24. The van der Waals surface area contributed by atoms with Gasteiger partial charge in [-0.3, -0.25) is 4.98 Å². The van der Waals surface area contributed by atoms with Crippen molar-refractivity contribution in [2.45, 2.75) is 65.3 Å². The van der Waals surface area contributed by atoms with Gasteiger partial charge in [-0.05, 0) is 39.2 Å². The van der Waals surface area contributed by atoms with Crippen LogP contribution in [0.3, 0.4) is 0 Å². The maximum atomic E-state index is 5.56. The minimum absolute atomic E-state index is 0.175. The number of aryl methyl sites for hydroxylation is 1. The highest BCUT2D eigenvalue weighted by molar-refractivity contribution is 5.41. The average molecular weight is 290 g/mol. The van der Waals surface area contributed by atoms with Gasteiger partial charge in [-0.15, -0.1) is 0 Å². The number of aromatic nitrogens is 1. The molecule has 1 aromatic heterocycles. The van der Waals surface area contributed by atoms with E-state index >= 15 is 0 Å². The zero-order valence-corrected chi connectivity index (χ0v) is 14.3. The first-order chi connectivity index (χ1) is 10.00. The molecule has 3 heteroatoms. The Morgan fingerprint density at radius 3 is 2.71 bits per heavy atom. The molecule has 0 aliphatic carbocycles. The molecule has 0 bridgehead atoms. The van der Waals surface area contributed by atoms with Crippen LogP contribution in [-0.4, -0.2) is 24.2 Å². The lowest BCUT2D eigenvalue weighted by Gasteiger charge is -2.38. The summed E-state index contributed by atoms with van der Waals surface area (Å²) < 4.78 is 5.56. The largest absolute Gasteiger partial charge is 0.496 e. The maximum Gasteiger partial charge on any atom is 0.128 e. The summed E-state index contributed by atoms with van der Waals surface area (Å²) in [6.07, 6.45) is 8.12. The van der Waals surface area contributed by atoms with Crippen LogP contribution in [0.4, 0.5) is 0 Å². The van der Waals surface area contributed by atoms with Crippen LogP contribution in [0, 0.1) is 19.8 Å². The van der Waals surface area contributed by atoms with E-state index in [4.69, 9.17) is 9.72 Å². The number of rotatable bonds is 4. The Bertz CT molecular complexity index is 474.